The van der Waals surface area contributed by atoms with Crippen molar-refractivity contribution in [2.45, 2.75) is 92.2 Å². The van der Waals surface area contributed by atoms with Crippen LogP contribution < -0.4 is 0 Å². The molecule has 206 valence electrons. The van der Waals surface area contributed by atoms with Crippen LogP contribution >= 0.6 is 0 Å². The van der Waals surface area contributed by atoms with E-state index in [4.69, 9.17) is 18.9 Å². The number of hydrogen-bond acceptors (Lipinski definition) is 16. The Hall–Kier alpha value is -0.930. The smallest absolute Gasteiger partial charge is 0.187 e. The maximum atomic E-state index is 10.8. The van der Waals surface area contributed by atoms with Crippen LogP contribution in [-0.4, -0.2) is 168 Å². The average Bonchev–Trinajstić information content (AvgIpc) is 2.86. The molecular formula is C19H34O16. The second-order valence-electron chi connectivity index (χ2n) is 8.30. The number of hydrogen-bond donors (Lipinski definition) is 11. The first-order chi connectivity index (χ1) is 16.5. The molecule has 0 aromatic carbocycles. The van der Waals surface area contributed by atoms with E-state index in [1.807, 2.05) is 0 Å². The molecule has 2 aliphatic heterocycles. The molecule has 0 amide bonds. The van der Waals surface area contributed by atoms with E-state index in [0.29, 0.717) is 0 Å². The van der Waals surface area contributed by atoms with Gasteiger partial charge in [-0.1, -0.05) is 0 Å². The summed E-state index contributed by atoms with van der Waals surface area (Å²) in [5.41, 5.74) is 0. The van der Waals surface area contributed by atoms with Crippen molar-refractivity contribution in [1.82, 2.24) is 0 Å². The van der Waals surface area contributed by atoms with Crippen molar-refractivity contribution in [2.24, 2.45) is 0 Å². The molecule has 0 spiro atoms. The largest absolute Gasteiger partial charge is 0.396 e. The Morgan fingerprint density at radius 3 is 1.94 bits per heavy atom. The van der Waals surface area contributed by atoms with Crippen LogP contribution in [0.4, 0.5) is 0 Å². The maximum Gasteiger partial charge on any atom is 0.187 e. The standard InChI is InChI=1S/C19H34O16/c20-2-1-8-17(35-18-14(30)12(28)11(27)9(5-23)33-18)13(29)15(31)19(32-8)34-16(7(25)4-22)10(26)6(24)3-21/h3,6-20,22-31H,1-2,4-5H2/t6-,7+,8+,9+,10+,11+,12-,13+,14+,15+,16+,17+,18+,19+/m0/s1. The van der Waals surface area contributed by atoms with Gasteiger partial charge in [-0.05, 0) is 6.42 Å². The first kappa shape index (κ1) is 30.3. The predicted molar refractivity (Wildman–Crippen MR) is 107 cm³/mol. The molecule has 0 aromatic heterocycles. The van der Waals surface area contributed by atoms with Gasteiger partial charge in [0.25, 0.3) is 0 Å². The van der Waals surface area contributed by atoms with Gasteiger partial charge in [-0.3, -0.25) is 0 Å². The van der Waals surface area contributed by atoms with E-state index < -0.39 is 106 Å². The Morgan fingerprint density at radius 2 is 1.40 bits per heavy atom. The number of aliphatic hydroxyl groups is 11. The third-order valence-corrected chi connectivity index (χ3v) is 5.88. The van der Waals surface area contributed by atoms with Gasteiger partial charge in [-0.15, -0.1) is 0 Å². The summed E-state index contributed by atoms with van der Waals surface area (Å²) in [5.74, 6) is 0. The quantitative estimate of drug-likeness (QED) is 0.107. The number of aldehydes is 1. The highest BCUT2D eigenvalue weighted by molar-refractivity contribution is 5.56. The molecule has 2 aliphatic rings. The summed E-state index contributed by atoms with van der Waals surface area (Å²) < 4.78 is 21.5. The number of carbonyl (C=O) groups is 1. The van der Waals surface area contributed by atoms with Crippen molar-refractivity contribution < 1.29 is 79.9 Å². The summed E-state index contributed by atoms with van der Waals surface area (Å²) in [4.78, 5) is 10.8. The van der Waals surface area contributed by atoms with Crippen LogP contribution in [0.2, 0.25) is 0 Å². The van der Waals surface area contributed by atoms with E-state index in [1.165, 1.54) is 0 Å². The molecule has 0 aliphatic carbocycles. The Bertz CT molecular complexity index is 638. The Labute approximate surface area is 199 Å². The van der Waals surface area contributed by atoms with E-state index in [2.05, 4.69) is 0 Å². The fraction of sp³-hybridized carbons (Fsp3) is 0.947. The molecule has 2 heterocycles. The third-order valence-electron chi connectivity index (χ3n) is 5.88. The fourth-order valence-corrected chi connectivity index (χ4v) is 3.81. The average molecular weight is 518 g/mol. The summed E-state index contributed by atoms with van der Waals surface area (Å²) in [6.07, 6.45) is -25.0. The van der Waals surface area contributed by atoms with Gasteiger partial charge in [-0.2, -0.15) is 0 Å². The number of ether oxygens (including phenoxy) is 4. The van der Waals surface area contributed by atoms with Crippen molar-refractivity contribution in [1.29, 1.82) is 0 Å². The lowest BCUT2D eigenvalue weighted by molar-refractivity contribution is -0.366. The maximum absolute atomic E-state index is 10.8. The Balaban J connectivity index is 2.21. The first-order valence-electron chi connectivity index (χ1n) is 10.9. The van der Waals surface area contributed by atoms with Crippen LogP contribution in [0.3, 0.4) is 0 Å². The van der Waals surface area contributed by atoms with Crippen molar-refractivity contribution in [2.75, 3.05) is 19.8 Å². The molecule has 2 fully saturated rings. The summed E-state index contributed by atoms with van der Waals surface area (Å²) in [6, 6.07) is 0. The second-order valence-corrected chi connectivity index (χ2v) is 8.30. The lowest BCUT2D eigenvalue weighted by Gasteiger charge is -2.47. The van der Waals surface area contributed by atoms with E-state index >= 15 is 0 Å². The highest BCUT2D eigenvalue weighted by atomic mass is 16.7. The van der Waals surface area contributed by atoms with Crippen LogP contribution in [0.5, 0.6) is 0 Å². The van der Waals surface area contributed by atoms with Gasteiger partial charge in [-0.25, -0.2) is 0 Å². The minimum atomic E-state index is -2.07. The summed E-state index contributed by atoms with van der Waals surface area (Å²) in [5, 5.41) is 109. The molecule has 11 N–H and O–H groups in total. The van der Waals surface area contributed by atoms with E-state index in [9.17, 15) is 61.0 Å². The van der Waals surface area contributed by atoms with Crippen LogP contribution in [0.1, 0.15) is 6.42 Å². The van der Waals surface area contributed by atoms with E-state index in [-0.39, 0.29) is 12.7 Å². The minimum absolute atomic E-state index is 0.0585. The van der Waals surface area contributed by atoms with Crippen LogP contribution in [0.15, 0.2) is 0 Å². The Morgan fingerprint density at radius 1 is 0.800 bits per heavy atom. The first-order valence-corrected chi connectivity index (χ1v) is 10.9. The zero-order valence-electron chi connectivity index (χ0n) is 18.4. The van der Waals surface area contributed by atoms with Gasteiger partial charge in [0.1, 0.15) is 67.1 Å². The summed E-state index contributed by atoms with van der Waals surface area (Å²) >= 11 is 0. The topological polar surface area (TPSA) is 277 Å². The monoisotopic (exact) mass is 518 g/mol. The molecule has 0 aromatic rings. The van der Waals surface area contributed by atoms with Gasteiger partial charge in [0.2, 0.25) is 0 Å². The number of carbonyl (C=O) groups excluding carboxylic acids is 1. The van der Waals surface area contributed by atoms with Gasteiger partial charge in [0.15, 0.2) is 18.9 Å². The molecule has 2 saturated heterocycles. The van der Waals surface area contributed by atoms with Crippen molar-refractivity contribution in [3.63, 3.8) is 0 Å². The van der Waals surface area contributed by atoms with E-state index in [0.717, 1.165) is 0 Å². The SMILES string of the molecule is O=C[C@H](O)[C@@H](O)[C@H](O[C@H]1O[C@H](CCO)[C@@H](O[C@H]2O[C@H](CO)[C@@H](O)[C@H](O)[C@H]2O)[C@H](O)[C@H]1O)[C@H](O)CO. The van der Waals surface area contributed by atoms with Crippen molar-refractivity contribution in [3.8, 4) is 0 Å². The molecule has 0 unspecified atom stereocenters. The minimum Gasteiger partial charge on any atom is -0.396 e. The fourth-order valence-electron chi connectivity index (χ4n) is 3.81. The lowest BCUT2D eigenvalue weighted by Crippen LogP contribution is -2.65. The van der Waals surface area contributed by atoms with Gasteiger partial charge >= 0.3 is 0 Å². The normalized spacial score (nSPS) is 41.7. The van der Waals surface area contributed by atoms with Gasteiger partial charge in [0, 0.05) is 6.61 Å². The molecule has 0 bridgehead atoms. The van der Waals surface area contributed by atoms with Crippen LogP contribution in [-0.2, 0) is 23.7 Å². The molecular weight excluding hydrogens is 484 g/mol. The molecule has 16 nitrogen and oxygen atoms in total. The third kappa shape index (κ3) is 6.89. The zero-order chi connectivity index (χ0) is 26.4. The molecule has 0 saturated carbocycles. The van der Waals surface area contributed by atoms with Crippen molar-refractivity contribution >= 4 is 6.29 Å². The summed E-state index contributed by atoms with van der Waals surface area (Å²) in [7, 11) is 0. The molecule has 14 atom stereocenters. The second kappa shape index (κ2) is 13.6. The zero-order valence-corrected chi connectivity index (χ0v) is 18.4. The van der Waals surface area contributed by atoms with Gasteiger partial charge < -0.3 is 79.9 Å². The lowest BCUT2D eigenvalue weighted by atomic mass is 9.95. The molecule has 2 rings (SSSR count). The van der Waals surface area contributed by atoms with Crippen LogP contribution in [0, 0.1) is 0 Å². The molecule has 16 heteroatoms. The predicted octanol–water partition coefficient (Wildman–Crippen LogP) is -7.34. The Kier molecular flexibility index (Phi) is 11.7. The summed E-state index contributed by atoms with van der Waals surface area (Å²) in [6.45, 7) is -2.28. The molecule has 0 radical (unpaired) electrons. The van der Waals surface area contributed by atoms with Gasteiger partial charge in [0.05, 0.1) is 19.3 Å². The highest BCUT2D eigenvalue weighted by Gasteiger charge is 2.51. The van der Waals surface area contributed by atoms with E-state index in [1.54, 1.807) is 0 Å². The molecule has 35 heavy (non-hydrogen) atoms. The number of rotatable bonds is 12. The van der Waals surface area contributed by atoms with Crippen LogP contribution in [0.25, 0.3) is 0 Å². The number of aliphatic hydroxyl groups excluding tert-OH is 11. The highest BCUT2D eigenvalue weighted by Crippen LogP contribution is 2.31. The van der Waals surface area contributed by atoms with Crippen molar-refractivity contribution in [3.05, 3.63) is 0 Å².